The molecular formula is C31H30N4O7. The summed E-state index contributed by atoms with van der Waals surface area (Å²) in [7, 11) is 0. The lowest BCUT2D eigenvalue weighted by atomic mass is 10.1. The zero-order chi connectivity index (χ0) is 30.1. The normalized spacial score (nSPS) is 15.1. The van der Waals surface area contributed by atoms with Crippen LogP contribution in [0.15, 0.2) is 84.9 Å². The summed E-state index contributed by atoms with van der Waals surface area (Å²) in [6.07, 6.45) is 0.262. The van der Waals surface area contributed by atoms with Crippen LogP contribution in [-0.2, 0) is 30.4 Å². The Hall–Kier alpha value is -5.32. The molecule has 4 rings (SSSR count). The van der Waals surface area contributed by atoms with Crippen molar-refractivity contribution in [1.82, 2.24) is 10.6 Å². The van der Waals surface area contributed by atoms with E-state index in [0.717, 1.165) is 10.5 Å². The van der Waals surface area contributed by atoms with Gasteiger partial charge in [-0.15, -0.1) is 0 Å². The maximum absolute atomic E-state index is 13.9. The Labute approximate surface area is 242 Å². The number of hydrogen-bond donors (Lipinski definition) is 3. The predicted octanol–water partition coefficient (Wildman–Crippen LogP) is 1.96. The molecule has 11 nitrogen and oxygen atoms in total. The topological polar surface area (TPSA) is 153 Å². The third-order valence-corrected chi connectivity index (χ3v) is 6.71. The van der Waals surface area contributed by atoms with E-state index < -0.39 is 48.7 Å². The maximum atomic E-state index is 13.9. The number of nitrogens with one attached hydrogen (secondary N) is 2. The lowest BCUT2D eigenvalue weighted by Gasteiger charge is -2.25. The molecule has 2 atom stereocenters. The first kappa shape index (κ1) is 29.7. The number of para-hydroxylation sites is 2. The molecule has 0 saturated heterocycles. The summed E-state index contributed by atoms with van der Waals surface area (Å²) in [4.78, 5) is 78.5. The van der Waals surface area contributed by atoms with Crippen molar-refractivity contribution >= 4 is 47.3 Å². The molecule has 3 aromatic carbocycles. The van der Waals surface area contributed by atoms with Crippen LogP contribution in [0.25, 0.3) is 0 Å². The molecule has 4 amide bonds. The van der Waals surface area contributed by atoms with Gasteiger partial charge in [-0.05, 0) is 36.2 Å². The summed E-state index contributed by atoms with van der Waals surface area (Å²) in [5.41, 5.74) is 1.89. The van der Waals surface area contributed by atoms with Gasteiger partial charge in [-0.25, -0.2) is 0 Å². The van der Waals surface area contributed by atoms with Gasteiger partial charge in [-0.1, -0.05) is 60.7 Å². The van der Waals surface area contributed by atoms with Gasteiger partial charge in [0.15, 0.2) is 0 Å². The number of carbonyl (C=O) groups is 6. The van der Waals surface area contributed by atoms with Crippen LogP contribution in [0.1, 0.15) is 28.8 Å². The first-order valence-electron chi connectivity index (χ1n) is 13.3. The molecule has 1 heterocycles. The van der Waals surface area contributed by atoms with Crippen molar-refractivity contribution in [2.45, 2.75) is 31.3 Å². The van der Waals surface area contributed by atoms with Crippen molar-refractivity contribution in [2.75, 3.05) is 22.9 Å². The van der Waals surface area contributed by atoms with E-state index in [-0.39, 0.29) is 24.6 Å². The zero-order valence-electron chi connectivity index (χ0n) is 22.6. The summed E-state index contributed by atoms with van der Waals surface area (Å²) >= 11 is 0. The fourth-order valence-corrected chi connectivity index (χ4v) is 4.67. The minimum absolute atomic E-state index is 0.128. The molecule has 3 N–H and O–H groups in total. The number of nitrogens with zero attached hydrogens (tertiary/aromatic N) is 2. The van der Waals surface area contributed by atoms with Crippen LogP contribution in [0.4, 0.5) is 11.4 Å². The Kier molecular flexibility index (Phi) is 9.77. The number of benzene rings is 3. The van der Waals surface area contributed by atoms with E-state index >= 15 is 0 Å². The molecule has 0 radical (unpaired) electrons. The zero-order valence-corrected chi connectivity index (χ0v) is 22.6. The molecule has 1 aliphatic rings. The average molecular weight is 571 g/mol. The lowest BCUT2D eigenvalue weighted by molar-refractivity contribution is -0.139. The third-order valence-electron chi connectivity index (χ3n) is 6.71. The number of amides is 4. The minimum Gasteiger partial charge on any atom is -0.481 e. The van der Waals surface area contributed by atoms with Crippen molar-refractivity contribution < 1.29 is 33.9 Å². The van der Waals surface area contributed by atoms with Crippen LogP contribution in [0.3, 0.4) is 0 Å². The van der Waals surface area contributed by atoms with Crippen molar-refractivity contribution in [2.24, 2.45) is 0 Å². The smallest absolute Gasteiger partial charge is 0.305 e. The van der Waals surface area contributed by atoms with E-state index in [1.165, 1.54) is 4.90 Å². The van der Waals surface area contributed by atoms with Crippen molar-refractivity contribution in [3.8, 4) is 0 Å². The Bertz CT molecular complexity index is 1460. The highest BCUT2D eigenvalue weighted by Gasteiger charge is 2.37. The van der Waals surface area contributed by atoms with Crippen LogP contribution in [-0.4, -0.2) is 66.2 Å². The minimum atomic E-state index is -1.29. The standard InChI is InChI=1S/C31H30N4O7/c36-20-23(17-29(39)40)32-27(37)19-35-26-14-8-7-13-25(26)34(28(38)16-15-21-9-3-1-4-10-21)18-24(31(35)42)33-30(41)22-11-5-2-6-12-22/h1-14,20,23-24H,15-19H2,(H,32,37)(H,33,41)(H,39,40)/t23-,24-/m0/s1. The van der Waals surface area contributed by atoms with E-state index in [1.807, 2.05) is 30.3 Å². The molecule has 0 unspecified atom stereocenters. The predicted molar refractivity (Wildman–Crippen MR) is 154 cm³/mol. The molecule has 42 heavy (non-hydrogen) atoms. The first-order chi connectivity index (χ1) is 20.3. The largest absolute Gasteiger partial charge is 0.481 e. The van der Waals surface area contributed by atoms with Gasteiger partial charge >= 0.3 is 5.97 Å². The van der Waals surface area contributed by atoms with E-state index in [9.17, 15) is 28.8 Å². The molecule has 0 aromatic heterocycles. The quantitative estimate of drug-likeness (QED) is 0.298. The molecule has 1 aliphatic heterocycles. The molecule has 0 fully saturated rings. The fraction of sp³-hybridized carbons (Fsp3) is 0.226. The summed E-state index contributed by atoms with van der Waals surface area (Å²) in [6.45, 7) is -0.764. The highest BCUT2D eigenvalue weighted by molar-refractivity contribution is 6.11. The fourth-order valence-electron chi connectivity index (χ4n) is 4.67. The number of carboxylic acid groups (broad SMARTS) is 1. The number of carboxylic acids is 1. The molecule has 0 bridgehead atoms. The summed E-state index contributed by atoms with van der Waals surface area (Å²) in [6, 6.07) is 21.8. The summed E-state index contributed by atoms with van der Waals surface area (Å²) in [5, 5.41) is 14.0. The van der Waals surface area contributed by atoms with Gasteiger partial charge in [0, 0.05) is 12.0 Å². The molecule has 0 saturated carbocycles. The van der Waals surface area contributed by atoms with E-state index in [4.69, 9.17) is 5.11 Å². The Morgan fingerprint density at radius 1 is 0.905 bits per heavy atom. The van der Waals surface area contributed by atoms with Crippen LogP contribution in [0, 0.1) is 0 Å². The highest BCUT2D eigenvalue weighted by Crippen LogP contribution is 2.33. The number of aldehydes is 1. The Morgan fingerprint density at radius 3 is 2.17 bits per heavy atom. The summed E-state index contributed by atoms with van der Waals surface area (Å²) in [5.74, 6) is -3.54. The number of anilines is 2. The second-order valence-corrected chi connectivity index (χ2v) is 9.70. The first-order valence-corrected chi connectivity index (χ1v) is 13.3. The molecule has 0 spiro atoms. The van der Waals surface area contributed by atoms with Crippen LogP contribution < -0.4 is 20.4 Å². The van der Waals surface area contributed by atoms with Crippen molar-refractivity contribution in [3.05, 3.63) is 96.1 Å². The number of hydrogen-bond acceptors (Lipinski definition) is 6. The van der Waals surface area contributed by atoms with Gasteiger partial charge in [-0.2, -0.15) is 0 Å². The van der Waals surface area contributed by atoms with E-state index in [0.29, 0.717) is 24.0 Å². The average Bonchev–Trinajstić information content (AvgIpc) is 3.11. The number of aliphatic carboxylic acids is 1. The number of fused-ring (bicyclic) bond motifs is 1. The van der Waals surface area contributed by atoms with Crippen LogP contribution >= 0.6 is 0 Å². The van der Waals surface area contributed by atoms with Gasteiger partial charge in [0.1, 0.15) is 18.9 Å². The van der Waals surface area contributed by atoms with E-state index in [1.54, 1.807) is 54.6 Å². The van der Waals surface area contributed by atoms with Crippen LogP contribution in [0.2, 0.25) is 0 Å². The second kappa shape index (κ2) is 13.8. The molecule has 3 aromatic rings. The van der Waals surface area contributed by atoms with Gasteiger partial charge in [0.25, 0.3) is 11.8 Å². The Balaban J connectivity index is 1.66. The van der Waals surface area contributed by atoms with Gasteiger partial charge < -0.3 is 25.4 Å². The molecule has 0 aliphatic carbocycles. The number of carbonyl (C=O) groups excluding carboxylic acids is 5. The van der Waals surface area contributed by atoms with Gasteiger partial charge in [0.2, 0.25) is 11.8 Å². The summed E-state index contributed by atoms with van der Waals surface area (Å²) < 4.78 is 0. The molecule has 216 valence electrons. The second-order valence-electron chi connectivity index (χ2n) is 9.70. The number of aryl methyl sites for hydroxylation is 1. The number of rotatable bonds is 11. The highest BCUT2D eigenvalue weighted by atomic mass is 16.4. The Morgan fingerprint density at radius 2 is 1.52 bits per heavy atom. The van der Waals surface area contributed by atoms with Gasteiger partial charge in [0.05, 0.1) is 30.4 Å². The lowest BCUT2D eigenvalue weighted by Crippen LogP contribution is -2.54. The molecular weight excluding hydrogens is 540 g/mol. The van der Waals surface area contributed by atoms with Crippen LogP contribution in [0.5, 0.6) is 0 Å². The SMILES string of the molecule is O=C[C@H](CC(=O)O)NC(=O)CN1C(=O)[C@@H](NC(=O)c2ccccc2)CN(C(=O)CCc2ccccc2)c2ccccc21. The third kappa shape index (κ3) is 7.45. The van der Waals surface area contributed by atoms with Gasteiger partial charge in [-0.3, -0.25) is 28.9 Å². The monoisotopic (exact) mass is 570 g/mol. The maximum Gasteiger partial charge on any atom is 0.305 e. The van der Waals surface area contributed by atoms with Crippen molar-refractivity contribution in [3.63, 3.8) is 0 Å². The molecule has 11 heteroatoms. The van der Waals surface area contributed by atoms with Crippen molar-refractivity contribution in [1.29, 1.82) is 0 Å². The van der Waals surface area contributed by atoms with E-state index in [2.05, 4.69) is 10.6 Å².